The molecule has 2 aliphatic rings. The fraction of sp³-hybridized carbons (Fsp3) is 0.0556. The van der Waals surface area contributed by atoms with Crippen molar-refractivity contribution >= 4 is 0 Å². The number of halogens is 1. The van der Waals surface area contributed by atoms with Gasteiger partial charge in [-0.1, -0.05) is 18.2 Å². The van der Waals surface area contributed by atoms with Gasteiger partial charge in [0.1, 0.15) is 5.82 Å². The Balaban J connectivity index is 2.07. The van der Waals surface area contributed by atoms with Crippen LogP contribution in [0, 0.1) is 5.82 Å². The van der Waals surface area contributed by atoms with Crippen LogP contribution < -0.4 is 5.43 Å². The smallest absolute Gasteiger partial charge is 0.179 e. The van der Waals surface area contributed by atoms with E-state index in [4.69, 9.17) is 0 Å². The molecule has 0 N–H and O–H groups in total. The highest BCUT2D eigenvalue weighted by molar-refractivity contribution is 5.63. The molecule has 1 aromatic rings. The predicted octanol–water partition coefficient (Wildman–Crippen LogP) is 3.87. The van der Waals surface area contributed by atoms with Crippen molar-refractivity contribution in [2.24, 2.45) is 0 Å². The Hall–Kier alpha value is -2.68. The monoisotopic (exact) mass is 279 g/mol. The molecule has 0 spiro atoms. The number of fused-ring (bicyclic) bond motifs is 1. The molecule has 0 aromatic heterocycles. The van der Waals surface area contributed by atoms with Crippen molar-refractivity contribution in [1.29, 1.82) is 0 Å². The summed E-state index contributed by atoms with van der Waals surface area (Å²) in [4.78, 5) is 11.4. The molecule has 1 atom stereocenters. The molecule has 0 bridgehead atoms. The van der Waals surface area contributed by atoms with Crippen LogP contribution in [0.4, 0.5) is 4.39 Å². The SMILES string of the molecule is C=CC(c1ccc(F)cc1)n1ccc2cc(=O)ccc-2c1. The molecule has 1 aromatic carbocycles. The molecule has 3 rings (SSSR count). The predicted molar refractivity (Wildman–Crippen MR) is 82.1 cm³/mol. The zero-order valence-corrected chi connectivity index (χ0v) is 11.4. The maximum absolute atomic E-state index is 13.0. The lowest BCUT2D eigenvalue weighted by atomic mass is 10.0. The Morgan fingerprint density at radius 3 is 2.52 bits per heavy atom. The van der Waals surface area contributed by atoms with Crippen molar-refractivity contribution in [3.05, 3.63) is 95.2 Å². The first-order valence-electron chi connectivity index (χ1n) is 6.67. The maximum Gasteiger partial charge on any atom is 0.179 e. The fourth-order valence-electron chi connectivity index (χ4n) is 2.45. The van der Waals surface area contributed by atoms with Crippen molar-refractivity contribution < 1.29 is 4.39 Å². The third kappa shape index (κ3) is 2.63. The van der Waals surface area contributed by atoms with Crippen LogP contribution in [-0.4, -0.2) is 4.57 Å². The molecule has 21 heavy (non-hydrogen) atoms. The molecule has 3 heteroatoms. The summed E-state index contributed by atoms with van der Waals surface area (Å²) in [6.07, 6.45) is 5.67. The van der Waals surface area contributed by atoms with E-state index in [-0.39, 0.29) is 17.3 Å². The van der Waals surface area contributed by atoms with E-state index in [1.54, 1.807) is 36.4 Å². The van der Waals surface area contributed by atoms with Crippen LogP contribution in [0.1, 0.15) is 11.6 Å². The van der Waals surface area contributed by atoms with Crippen LogP contribution >= 0.6 is 0 Å². The summed E-state index contributed by atoms with van der Waals surface area (Å²) in [7, 11) is 0. The van der Waals surface area contributed by atoms with E-state index >= 15 is 0 Å². The van der Waals surface area contributed by atoms with E-state index < -0.39 is 0 Å². The summed E-state index contributed by atoms with van der Waals surface area (Å²) in [6, 6.07) is 13.2. The molecule has 2 nitrogen and oxygen atoms in total. The minimum Gasteiger partial charge on any atom is -0.343 e. The molecule has 0 radical (unpaired) electrons. The molecule has 0 saturated heterocycles. The highest BCUT2D eigenvalue weighted by atomic mass is 19.1. The Morgan fingerprint density at radius 1 is 1.05 bits per heavy atom. The van der Waals surface area contributed by atoms with Crippen LogP contribution in [-0.2, 0) is 0 Å². The van der Waals surface area contributed by atoms with Crippen molar-refractivity contribution in [1.82, 2.24) is 4.57 Å². The number of hydrogen-bond donors (Lipinski definition) is 0. The van der Waals surface area contributed by atoms with Gasteiger partial charge < -0.3 is 4.57 Å². The Morgan fingerprint density at radius 2 is 1.81 bits per heavy atom. The van der Waals surface area contributed by atoms with E-state index in [1.165, 1.54) is 12.1 Å². The minimum atomic E-state index is -0.256. The lowest BCUT2D eigenvalue weighted by molar-refractivity contribution is 0.624. The van der Waals surface area contributed by atoms with Gasteiger partial charge in [-0.2, -0.15) is 0 Å². The van der Waals surface area contributed by atoms with E-state index in [0.717, 1.165) is 16.7 Å². The number of pyridine rings is 1. The van der Waals surface area contributed by atoms with Crippen LogP contribution in [0.2, 0.25) is 0 Å². The third-order valence-electron chi connectivity index (χ3n) is 3.53. The first-order valence-corrected chi connectivity index (χ1v) is 6.67. The summed E-state index contributed by atoms with van der Waals surface area (Å²) in [5.74, 6) is -0.256. The average molecular weight is 279 g/mol. The van der Waals surface area contributed by atoms with Crippen molar-refractivity contribution in [2.45, 2.75) is 6.04 Å². The van der Waals surface area contributed by atoms with E-state index in [1.807, 2.05) is 23.0 Å². The van der Waals surface area contributed by atoms with Crippen LogP contribution in [0.25, 0.3) is 11.1 Å². The van der Waals surface area contributed by atoms with Crippen molar-refractivity contribution in [2.75, 3.05) is 0 Å². The van der Waals surface area contributed by atoms with Crippen molar-refractivity contribution in [3.63, 3.8) is 0 Å². The molecule has 1 aliphatic carbocycles. The Bertz CT molecular complexity index is 804. The summed E-state index contributed by atoms with van der Waals surface area (Å²) in [5.41, 5.74) is 2.84. The molecule has 1 heterocycles. The zero-order chi connectivity index (χ0) is 14.8. The van der Waals surface area contributed by atoms with Gasteiger partial charge in [0.25, 0.3) is 0 Å². The quantitative estimate of drug-likeness (QED) is 0.667. The molecule has 0 saturated carbocycles. The average Bonchev–Trinajstić information content (AvgIpc) is 2.50. The summed E-state index contributed by atoms with van der Waals surface area (Å²) < 4.78 is 15.0. The molecule has 1 unspecified atom stereocenters. The lowest BCUT2D eigenvalue weighted by Crippen LogP contribution is -2.09. The van der Waals surface area contributed by atoms with Crippen LogP contribution in [0.15, 0.2) is 78.4 Å². The molecule has 0 amide bonds. The van der Waals surface area contributed by atoms with Gasteiger partial charge in [-0.3, -0.25) is 4.79 Å². The third-order valence-corrected chi connectivity index (χ3v) is 3.53. The first kappa shape index (κ1) is 13.3. The number of benzene rings is 2. The number of aromatic nitrogens is 1. The summed E-state index contributed by atoms with van der Waals surface area (Å²) >= 11 is 0. The van der Waals surface area contributed by atoms with Crippen molar-refractivity contribution in [3.8, 4) is 11.1 Å². The second-order valence-electron chi connectivity index (χ2n) is 4.91. The minimum absolute atomic E-state index is 0.000875. The number of nitrogens with zero attached hydrogens (tertiary/aromatic N) is 1. The standard InChI is InChI=1S/C18H14FNO/c1-2-18(13-3-6-16(19)7-4-13)20-10-9-14-11-17(21)8-5-15(14)12-20/h2-12,18H,1H2. The molecular formula is C18H14FNO. The summed E-state index contributed by atoms with van der Waals surface area (Å²) in [6.45, 7) is 3.87. The summed E-state index contributed by atoms with van der Waals surface area (Å²) in [5, 5.41) is 0. The van der Waals surface area contributed by atoms with Gasteiger partial charge >= 0.3 is 0 Å². The van der Waals surface area contributed by atoms with E-state index in [0.29, 0.717) is 0 Å². The van der Waals surface area contributed by atoms with Gasteiger partial charge in [-0.15, -0.1) is 6.58 Å². The van der Waals surface area contributed by atoms with Gasteiger partial charge in [0, 0.05) is 12.4 Å². The molecule has 0 fully saturated rings. The Kier molecular flexibility index (Phi) is 3.40. The number of hydrogen-bond acceptors (Lipinski definition) is 1. The first-order chi connectivity index (χ1) is 10.2. The van der Waals surface area contributed by atoms with Gasteiger partial charge in [0.05, 0.1) is 6.04 Å². The largest absolute Gasteiger partial charge is 0.343 e. The topological polar surface area (TPSA) is 22.0 Å². The van der Waals surface area contributed by atoms with Crippen LogP contribution in [0.5, 0.6) is 0 Å². The zero-order valence-electron chi connectivity index (χ0n) is 11.4. The normalized spacial score (nSPS) is 12.2. The maximum atomic E-state index is 13.0. The van der Waals surface area contributed by atoms with Gasteiger partial charge in [-0.05, 0) is 53.1 Å². The van der Waals surface area contributed by atoms with Gasteiger partial charge in [0.2, 0.25) is 0 Å². The van der Waals surface area contributed by atoms with E-state index in [2.05, 4.69) is 6.58 Å². The highest BCUT2D eigenvalue weighted by Crippen LogP contribution is 2.25. The van der Waals surface area contributed by atoms with E-state index in [9.17, 15) is 9.18 Å². The fourth-order valence-corrected chi connectivity index (χ4v) is 2.45. The molecule has 104 valence electrons. The second-order valence-corrected chi connectivity index (χ2v) is 4.91. The van der Waals surface area contributed by atoms with Crippen LogP contribution in [0.3, 0.4) is 0 Å². The van der Waals surface area contributed by atoms with Gasteiger partial charge in [0.15, 0.2) is 5.43 Å². The second kappa shape index (κ2) is 5.37. The lowest BCUT2D eigenvalue weighted by Gasteiger charge is -2.19. The molecular weight excluding hydrogens is 265 g/mol. The highest BCUT2D eigenvalue weighted by Gasteiger charge is 2.11. The van der Waals surface area contributed by atoms with Gasteiger partial charge in [-0.25, -0.2) is 4.39 Å². The number of allylic oxidation sites excluding steroid dienone is 1. The molecule has 1 aliphatic heterocycles. The Labute approximate surface area is 122 Å². The number of rotatable bonds is 3.